The van der Waals surface area contributed by atoms with Gasteiger partial charge in [-0.15, -0.1) is 0 Å². The third-order valence-electron chi connectivity index (χ3n) is 2.18. The minimum absolute atomic E-state index is 0.0804. The number of nitrogens with zero attached hydrogens (tertiary/aromatic N) is 2. The van der Waals surface area contributed by atoms with E-state index in [9.17, 15) is 9.59 Å². The van der Waals surface area contributed by atoms with E-state index in [1.807, 2.05) is 0 Å². The summed E-state index contributed by atoms with van der Waals surface area (Å²) < 4.78 is 0. The van der Waals surface area contributed by atoms with E-state index >= 15 is 0 Å². The number of aliphatic hydroxyl groups is 1. The number of hydrogen-bond acceptors (Lipinski definition) is 4. The second kappa shape index (κ2) is 6.59. The first-order valence-electron chi connectivity index (χ1n) is 5.17. The number of carbonyl (C=O) groups is 2. The lowest BCUT2D eigenvalue weighted by atomic mass is 10.2. The van der Waals surface area contributed by atoms with E-state index in [1.165, 1.54) is 17.3 Å². The van der Waals surface area contributed by atoms with Gasteiger partial charge in [0.2, 0.25) is 0 Å². The van der Waals surface area contributed by atoms with Crippen molar-refractivity contribution >= 4 is 11.9 Å². The first kappa shape index (κ1) is 13.1. The lowest BCUT2D eigenvalue weighted by Crippen LogP contribution is -2.35. The summed E-state index contributed by atoms with van der Waals surface area (Å²) >= 11 is 0. The molecule has 0 aliphatic heterocycles. The average Bonchev–Trinajstić information content (AvgIpc) is 2.34. The van der Waals surface area contributed by atoms with E-state index < -0.39 is 5.97 Å². The molecule has 0 saturated carbocycles. The molecule has 2 N–H and O–H groups in total. The van der Waals surface area contributed by atoms with Gasteiger partial charge in [-0.1, -0.05) is 0 Å². The van der Waals surface area contributed by atoms with Gasteiger partial charge >= 0.3 is 5.97 Å². The van der Waals surface area contributed by atoms with Gasteiger partial charge < -0.3 is 15.1 Å². The second-order valence-corrected chi connectivity index (χ2v) is 3.40. The van der Waals surface area contributed by atoms with Crippen LogP contribution in [0.1, 0.15) is 16.8 Å². The number of amides is 1. The molecule has 1 amide bonds. The molecule has 0 spiro atoms. The fourth-order valence-corrected chi connectivity index (χ4v) is 1.34. The molecule has 6 nitrogen and oxygen atoms in total. The van der Waals surface area contributed by atoms with Crippen molar-refractivity contribution in [3.63, 3.8) is 0 Å². The van der Waals surface area contributed by atoms with Gasteiger partial charge in [0.05, 0.1) is 13.0 Å². The molecule has 0 bridgehead atoms. The topological polar surface area (TPSA) is 90.7 Å². The summed E-state index contributed by atoms with van der Waals surface area (Å²) in [5.41, 5.74) is 0.429. The average molecular weight is 238 g/mol. The number of rotatable bonds is 6. The van der Waals surface area contributed by atoms with Crippen LogP contribution < -0.4 is 0 Å². The zero-order valence-electron chi connectivity index (χ0n) is 9.24. The van der Waals surface area contributed by atoms with Gasteiger partial charge in [0.15, 0.2) is 0 Å². The van der Waals surface area contributed by atoms with Crippen molar-refractivity contribution in [2.75, 3.05) is 19.7 Å². The Morgan fingerprint density at radius 3 is 2.41 bits per heavy atom. The van der Waals surface area contributed by atoms with Crippen molar-refractivity contribution in [1.29, 1.82) is 0 Å². The molecule has 1 rings (SSSR count). The van der Waals surface area contributed by atoms with E-state index in [1.54, 1.807) is 12.1 Å². The van der Waals surface area contributed by atoms with Crippen molar-refractivity contribution in [1.82, 2.24) is 9.88 Å². The highest BCUT2D eigenvalue weighted by Gasteiger charge is 2.15. The van der Waals surface area contributed by atoms with Gasteiger partial charge in [-0.2, -0.15) is 0 Å². The van der Waals surface area contributed by atoms with Crippen molar-refractivity contribution in [2.24, 2.45) is 0 Å². The molecule has 0 aliphatic carbocycles. The monoisotopic (exact) mass is 238 g/mol. The Hall–Kier alpha value is -1.95. The van der Waals surface area contributed by atoms with Gasteiger partial charge in [0, 0.05) is 31.0 Å². The van der Waals surface area contributed by atoms with E-state index in [4.69, 9.17) is 10.2 Å². The largest absolute Gasteiger partial charge is 0.481 e. The van der Waals surface area contributed by atoms with Crippen molar-refractivity contribution in [2.45, 2.75) is 6.42 Å². The first-order valence-corrected chi connectivity index (χ1v) is 5.17. The molecule has 0 fully saturated rings. The number of carboxylic acid groups (broad SMARTS) is 1. The predicted molar refractivity (Wildman–Crippen MR) is 59.5 cm³/mol. The maximum atomic E-state index is 11.9. The maximum Gasteiger partial charge on any atom is 0.305 e. The lowest BCUT2D eigenvalue weighted by Gasteiger charge is -2.20. The molecule has 0 radical (unpaired) electrons. The van der Waals surface area contributed by atoms with E-state index in [0.717, 1.165) is 0 Å². The van der Waals surface area contributed by atoms with Gasteiger partial charge in [0.1, 0.15) is 0 Å². The van der Waals surface area contributed by atoms with Crippen LogP contribution >= 0.6 is 0 Å². The molecule has 0 aromatic carbocycles. The van der Waals surface area contributed by atoms with Crippen molar-refractivity contribution < 1.29 is 19.8 Å². The van der Waals surface area contributed by atoms with E-state index in [-0.39, 0.29) is 32.0 Å². The third kappa shape index (κ3) is 4.20. The van der Waals surface area contributed by atoms with Crippen LogP contribution in [-0.2, 0) is 4.79 Å². The number of hydrogen-bond donors (Lipinski definition) is 2. The van der Waals surface area contributed by atoms with Crippen LogP contribution in [0.15, 0.2) is 24.5 Å². The SMILES string of the molecule is O=C(O)CCN(CCO)C(=O)c1ccncc1. The van der Waals surface area contributed by atoms with Crippen LogP contribution in [0.25, 0.3) is 0 Å². The van der Waals surface area contributed by atoms with Crippen LogP contribution in [0.3, 0.4) is 0 Å². The van der Waals surface area contributed by atoms with E-state index in [2.05, 4.69) is 4.98 Å². The molecule has 92 valence electrons. The molecule has 0 unspecified atom stereocenters. The molecule has 17 heavy (non-hydrogen) atoms. The Morgan fingerprint density at radius 1 is 1.24 bits per heavy atom. The summed E-state index contributed by atoms with van der Waals surface area (Å²) in [5.74, 6) is -1.28. The molecular formula is C11H14N2O4. The highest BCUT2D eigenvalue weighted by Crippen LogP contribution is 2.04. The molecule has 0 atom stereocenters. The van der Waals surface area contributed by atoms with Gasteiger partial charge in [-0.3, -0.25) is 14.6 Å². The molecule has 0 aliphatic rings. The highest BCUT2D eigenvalue weighted by atomic mass is 16.4. The van der Waals surface area contributed by atoms with E-state index in [0.29, 0.717) is 5.56 Å². The van der Waals surface area contributed by atoms with Crippen LogP contribution in [0.5, 0.6) is 0 Å². The Labute approximate surface area is 98.5 Å². The zero-order chi connectivity index (χ0) is 12.7. The number of aromatic nitrogens is 1. The summed E-state index contributed by atoms with van der Waals surface area (Å²) in [7, 11) is 0. The zero-order valence-corrected chi connectivity index (χ0v) is 9.24. The van der Waals surface area contributed by atoms with Crippen LogP contribution in [0.4, 0.5) is 0 Å². The lowest BCUT2D eigenvalue weighted by molar-refractivity contribution is -0.137. The summed E-state index contributed by atoms with van der Waals surface area (Å²) in [4.78, 5) is 27.5. The van der Waals surface area contributed by atoms with Crippen LogP contribution in [-0.4, -0.2) is 51.7 Å². The molecule has 1 heterocycles. The van der Waals surface area contributed by atoms with Crippen molar-refractivity contribution in [3.8, 4) is 0 Å². The summed E-state index contributed by atoms with van der Waals surface area (Å²) in [6, 6.07) is 3.10. The maximum absolute atomic E-state index is 11.9. The Morgan fingerprint density at radius 2 is 1.88 bits per heavy atom. The number of aliphatic hydroxyl groups excluding tert-OH is 1. The normalized spacial score (nSPS) is 9.94. The van der Waals surface area contributed by atoms with Gasteiger partial charge in [0.25, 0.3) is 5.91 Å². The fourth-order valence-electron chi connectivity index (χ4n) is 1.34. The summed E-state index contributed by atoms with van der Waals surface area (Å²) in [6.07, 6.45) is 2.83. The predicted octanol–water partition coefficient (Wildman–Crippen LogP) is -0.00920. The summed E-state index contributed by atoms with van der Waals surface area (Å²) in [6.45, 7) is 0.00191. The molecular weight excluding hydrogens is 224 g/mol. The quantitative estimate of drug-likeness (QED) is 0.727. The molecule has 0 saturated heterocycles. The highest BCUT2D eigenvalue weighted by molar-refractivity contribution is 5.94. The minimum Gasteiger partial charge on any atom is -0.481 e. The number of carbonyl (C=O) groups excluding carboxylic acids is 1. The number of pyridine rings is 1. The number of aliphatic carboxylic acids is 1. The van der Waals surface area contributed by atoms with Gasteiger partial charge in [-0.05, 0) is 12.1 Å². The van der Waals surface area contributed by atoms with Crippen LogP contribution in [0, 0.1) is 0 Å². The second-order valence-electron chi connectivity index (χ2n) is 3.40. The standard InChI is InChI=1S/C11H14N2O4/c14-8-7-13(6-3-10(15)16)11(17)9-1-4-12-5-2-9/h1-2,4-5,14H,3,6-8H2,(H,15,16). The van der Waals surface area contributed by atoms with Crippen LogP contribution in [0.2, 0.25) is 0 Å². The smallest absolute Gasteiger partial charge is 0.305 e. The Bertz CT molecular complexity index is 380. The summed E-state index contributed by atoms with van der Waals surface area (Å²) in [5, 5.41) is 17.4. The number of carboxylic acids is 1. The fraction of sp³-hybridized carbons (Fsp3) is 0.364. The third-order valence-corrected chi connectivity index (χ3v) is 2.18. The Balaban J connectivity index is 2.69. The molecule has 1 aromatic heterocycles. The minimum atomic E-state index is -0.976. The molecule has 6 heteroatoms. The first-order chi connectivity index (χ1) is 8.15. The van der Waals surface area contributed by atoms with Gasteiger partial charge in [-0.25, -0.2) is 0 Å². The Kier molecular flexibility index (Phi) is 5.09. The molecule has 1 aromatic rings. The van der Waals surface area contributed by atoms with Crippen molar-refractivity contribution in [3.05, 3.63) is 30.1 Å².